The van der Waals surface area contributed by atoms with Crippen molar-refractivity contribution in [3.05, 3.63) is 12.7 Å². The van der Waals surface area contributed by atoms with Crippen LogP contribution in [0.1, 0.15) is 0 Å². The highest BCUT2D eigenvalue weighted by Crippen LogP contribution is 2.26. The predicted octanol–water partition coefficient (Wildman–Crippen LogP) is 0.359. The second-order valence-corrected chi connectivity index (χ2v) is 5.07. The van der Waals surface area contributed by atoms with E-state index in [1.165, 1.54) is 12.7 Å². The first-order valence-corrected chi connectivity index (χ1v) is 6.64. The number of carboxylic acids is 1. The highest BCUT2D eigenvalue weighted by molar-refractivity contribution is 7.99. The fraction of sp³-hybridized carbons (Fsp3) is 0.400. The zero-order chi connectivity index (χ0) is 12.5. The first-order valence-electron chi connectivity index (χ1n) is 5.48. The van der Waals surface area contributed by atoms with Crippen molar-refractivity contribution in [3.8, 4) is 0 Å². The normalized spacial score (nSPS) is 20.2. The molecule has 0 bridgehead atoms. The minimum atomic E-state index is -0.825. The number of aromatic amines is 1. The number of nitrogens with zero attached hydrogens (tertiary/aromatic N) is 4. The topological polar surface area (TPSA) is 95.0 Å². The third-order valence-electron chi connectivity index (χ3n) is 2.89. The van der Waals surface area contributed by atoms with Crippen LogP contribution in [0.3, 0.4) is 0 Å². The van der Waals surface area contributed by atoms with E-state index in [1.807, 2.05) is 0 Å². The van der Waals surface area contributed by atoms with Crippen LogP contribution in [0.4, 0.5) is 5.82 Å². The summed E-state index contributed by atoms with van der Waals surface area (Å²) in [5.41, 5.74) is 1.25. The van der Waals surface area contributed by atoms with Gasteiger partial charge in [0.2, 0.25) is 0 Å². The number of aliphatic carboxylic acids is 1. The van der Waals surface area contributed by atoms with Crippen LogP contribution >= 0.6 is 11.8 Å². The van der Waals surface area contributed by atoms with Crippen LogP contribution in [-0.4, -0.2) is 55.1 Å². The largest absolute Gasteiger partial charge is 0.480 e. The Kier molecular flexibility index (Phi) is 2.78. The molecule has 18 heavy (non-hydrogen) atoms. The Balaban J connectivity index is 2.06. The smallest absolute Gasteiger partial charge is 0.327 e. The molecule has 8 heteroatoms. The molecule has 0 aliphatic carbocycles. The van der Waals surface area contributed by atoms with E-state index in [-0.39, 0.29) is 0 Å². The van der Waals surface area contributed by atoms with Gasteiger partial charge >= 0.3 is 5.97 Å². The van der Waals surface area contributed by atoms with Crippen molar-refractivity contribution in [2.75, 3.05) is 23.0 Å². The highest BCUT2D eigenvalue weighted by Gasteiger charge is 2.31. The lowest BCUT2D eigenvalue weighted by Gasteiger charge is -2.33. The Hall–Kier alpha value is -1.83. The Bertz CT molecular complexity index is 586. The van der Waals surface area contributed by atoms with Gasteiger partial charge in [-0.1, -0.05) is 0 Å². The molecule has 2 aromatic rings. The van der Waals surface area contributed by atoms with Gasteiger partial charge in [-0.3, -0.25) is 0 Å². The number of thioether (sulfide) groups is 1. The van der Waals surface area contributed by atoms with Gasteiger partial charge in [0.15, 0.2) is 11.5 Å². The minimum absolute atomic E-state index is 0.551. The molecule has 1 aliphatic heterocycles. The van der Waals surface area contributed by atoms with Crippen LogP contribution in [0.15, 0.2) is 12.7 Å². The van der Waals surface area contributed by atoms with Gasteiger partial charge in [-0.25, -0.2) is 19.7 Å². The number of nitrogens with one attached hydrogen (secondary N) is 1. The third kappa shape index (κ3) is 1.78. The summed E-state index contributed by atoms with van der Waals surface area (Å²) in [7, 11) is 0. The highest BCUT2D eigenvalue weighted by atomic mass is 32.2. The molecule has 0 spiro atoms. The molecule has 2 aromatic heterocycles. The first kappa shape index (κ1) is 11.3. The average Bonchev–Trinajstić information content (AvgIpc) is 2.86. The van der Waals surface area contributed by atoms with Crippen LogP contribution in [0, 0.1) is 0 Å². The van der Waals surface area contributed by atoms with E-state index in [1.54, 1.807) is 16.7 Å². The molecule has 94 valence electrons. The van der Waals surface area contributed by atoms with Crippen molar-refractivity contribution in [2.24, 2.45) is 0 Å². The van der Waals surface area contributed by atoms with E-state index < -0.39 is 12.0 Å². The number of carboxylic acid groups (broad SMARTS) is 1. The maximum atomic E-state index is 11.3. The Morgan fingerprint density at radius 2 is 2.39 bits per heavy atom. The van der Waals surface area contributed by atoms with Crippen LogP contribution in [-0.2, 0) is 4.79 Å². The van der Waals surface area contributed by atoms with Crippen molar-refractivity contribution in [1.29, 1.82) is 0 Å². The Morgan fingerprint density at radius 1 is 1.50 bits per heavy atom. The molecule has 0 radical (unpaired) electrons. The lowest BCUT2D eigenvalue weighted by Crippen LogP contribution is -2.48. The van der Waals surface area contributed by atoms with Gasteiger partial charge in [0.05, 0.1) is 6.33 Å². The second kappa shape index (κ2) is 4.45. The van der Waals surface area contributed by atoms with E-state index in [9.17, 15) is 9.90 Å². The van der Waals surface area contributed by atoms with E-state index in [4.69, 9.17) is 0 Å². The van der Waals surface area contributed by atoms with Gasteiger partial charge in [0.1, 0.15) is 17.9 Å². The fourth-order valence-electron chi connectivity index (χ4n) is 2.03. The first-order chi connectivity index (χ1) is 8.77. The van der Waals surface area contributed by atoms with Crippen LogP contribution in [0.5, 0.6) is 0 Å². The van der Waals surface area contributed by atoms with Gasteiger partial charge in [0.25, 0.3) is 0 Å². The fourth-order valence-corrected chi connectivity index (χ4v) is 3.07. The van der Waals surface area contributed by atoms with Gasteiger partial charge in [-0.2, -0.15) is 11.8 Å². The molecule has 7 nitrogen and oxygen atoms in total. The molecule has 1 fully saturated rings. The summed E-state index contributed by atoms with van der Waals surface area (Å²) in [6.07, 6.45) is 2.95. The summed E-state index contributed by atoms with van der Waals surface area (Å²) < 4.78 is 0. The Labute approximate surface area is 107 Å². The molecule has 0 aromatic carbocycles. The molecule has 3 rings (SSSR count). The SMILES string of the molecule is O=C(O)C1CSCCN1c1ncnc2nc[nH]c12. The van der Waals surface area contributed by atoms with Crippen LogP contribution in [0.2, 0.25) is 0 Å². The van der Waals surface area contributed by atoms with Crippen molar-refractivity contribution >= 4 is 34.7 Å². The minimum Gasteiger partial charge on any atom is -0.480 e. The number of rotatable bonds is 2. The van der Waals surface area contributed by atoms with Crippen LogP contribution in [0.25, 0.3) is 11.2 Å². The van der Waals surface area contributed by atoms with Crippen LogP contribution < -0.4 is 4.90 Å². The predicted molar refractivity (Wildman–Crippen MR) is 67.8 cm³/mol. The summed E-state index contributed by atoms with van der Waals surface area (Å²) >= 11 is 1.65. The van der Waals surface area contributed by atoms with Gasteiger partial charge < -0.3 is 15.0 Å². The lowest BCUT2D eigenvalue weighted by molar-refractivity contribution is -0.138. The monoisotopic (exact) mass is 265 g/mol. The zero-order valence-electron chi connectivity index (χ0n) is 9.41. The molecule has 1 saturated heterocycles. The van der Waals surface area contributed by atoms with E-state index >= 15 is 0 Å². The summed E-state index contributed by atoms with van der Waals surface area (Å²) in [5, 5.41) is 9.27. The molecule has 1 atom stereocenters. The number of hydrogen-bond acceptors (Lipinski definition) is 6. The summed E-state index contributed by atoms with van der Waals surface area (Å²) in [6.45, 7) is 0.659. The van der Waals surface area contributed by atoms with Gasteiger partial charge in [0, 0.05) is 18.1 Å². The average molecular weight is 265 g/mol. The van der Waals surface area contributed by atoms with Crippen molar-refractivity contribution in [1.82, 2.24) is 19.9 Å². The summed E-state index contributed by atoms with van der Waals surface area (Å²) in [5.74, 6) is 1.25. The second-order valence-electron chi connectivity index (χ2n) is 3.92. The summed E-state index contributed by atoms with van der Waals surface area (Å²) in [6, 6.07) is -0.551. The van der Waals surface area contributed by atoms with E-state index in [0.29, 0.717) is 29.3 Å². The quantitative estimate of drug-likeness (QED) is 0.809. The maximum absolute atomic E-state index is 11.3. The van der Waals surface area contributed by atoms with Crippen molar-refractivity contribution < 1.29 is 9.90 Å². The number of anilines is 1. The molecule has 1 aliphatic rings. The molecular formula is C10H11N5O2S. The van der Waals surface area contributed by atoms with Crippen molar-refractivity contribution in [2.45, 2.75) is 6.04 Å². The number of imidazole rings is 1. The maximum Gasteiger partial charge on any atom is 0.327 e. The van der Waals surface area contributed by atoms with Crippen molar-refractivity contribution in [3.63, 3.8) is 0 Å². The van der Waals surface area contributed by atoms with Gasteiger partial charge in [-0.05, 0) is 0 Å². The lowest BCUT2D eigenvalue weighted by atomic mass is 10.2. The number of carbonyl (C=O) groups is 1. The van der Waals surface area contributed by atoms with Gasteiger partial charge in [-0.15, -0.1) is 0 Å². The number of hydrogen-bond donors (Lipinski definition) is 2. The third-order valence-corrected chi connectivity index (χ3v) is 3.91. The molecular weight excluding hydrogens is 254 g/mol. The molecule has 0 amide bonds. The summed E-state index contributed by atoms with van der Waals surface area (Å²) in [4.78, 5) is 28.4. The standard InChI is InChI=1S/C10H11N5O2S/c16-10(17)6-3-18-2-1-15(6)9-7-8(12-4-11-7)13-5-14-9/h4-6H,1-3H2,(H,16,17)(H,11,12,13,14). The number of H-pyrrole nitrogens is 1. The molecule has 1 unspecified atom stereocenters. The number of fused-ring (bicyclic) bond motifs is 1. The van der Waals surface area contributed by atoms with E-state index in [0.717, 1.165) is 5.75 Å². The molecule has 0 saturated carbocycles. The number of aromatic nitrogens is 4. The Morgan fingerprint density at radius 3 is 3.22 bits per heavy atom. The zero-order valence-corrected chi connectivity index (χ0v) is 10.2. The van der Waals surface area contributed by atoms with E-state index in [2.05, 4.69) is 19.9 Å². The molecule has 3 heterocycles. The molecule has 2 N–H and O–H groups in total.